The Labute approximate surface area is 154 Å². The van der Waals surface area contributed by atoms with E-state index in [1.54, 1.807) is 10.5 Å². The molecule has 2 aromatic rings. The van der Waals surface area contributed by atoms with E-state index < -0.39 is 10.0 Å². The highest BCUT2D eigenvalue weighted by Crippen LogP contribution is 2.50. The molecule has 2 aliphatic heterocycles. The summed E-state index contributed by atoms with van der Waals surface area (Å²) in [7, 11) is -3.21. The molecule has 0 N–H and O–H groups in total. The zero-order valence-corrected chi connectivity index (χ0v) is 16.0. The van der Waals surface area contributed by atoms with Crippen LogP contribution >= 0.6 is 34.5 Å². The molecule has 9 heteroatoms. The number of hydrogen-bond acceptors (Lipinski definition) is 5. The van der Waals surface area contributed by atoms with Crippen LogP contribution in [0.5, 0.6) is 0 Å². The number of aromatic nitrogens is 1. The fourth-order valence-electron chi connectivity index (χ4n) is 3.65. The first-order valence-electron chi connectivity index (χ1n) is 7.43. The van der Waals surface area contributed by atoms with Gasteiger partial charge in [-0.25, -0.2) is 17.7 Å². The first kappa shape index (κ1) is 16.6. The second-order valence-electron chi connectivity index (χ2n) is 6.32. The highest BCUT2D eigenvalue weighted by Gasteiger charge is 2.50. The van der Waals surface area contributed by atoms with Crippen LogP contribution in [-0.2, 0) is 15.4 Å². The van der Waals surface area contributed by atoms with Gasteiger partial charge in [-0.3, -0.25) is 0 Å². The third-order valence-corrected chi connectivity index (χ3v) is 7.39. The number of nitrogens with zero attached hydrogens (tertiary/aromatic N) is 3. The minimum absolute atomic E-state index is 0.262. The molecule has 0 saturated carbocycles. The van der Waals surface area contributed by atoms with Crippen molar-refractivity contribution >= 4 is 55.4 Å². The van der Waals surface area contributed by atoms with Crippen molar-refractivity contribution in [3.8, 4) is 0 Å². The second-order valence-corrected chi connectivity index (χ2v) is 10.4. The molecule has 3 heterocycles. The zero-order chi connectivity index (χ0) is 17.1. The summed E-state index contributed by atoms with van der Waals surface area (Å²) < 4.78 is 26.1. The molecule has 2 aliphatic rings. The lowest BCUT2D eigenvalue weighted by molar-refractivity contribution is 0.438. The Hall–Kier alpha value is -0.860. The van der Waals surface area contributed by atoms with Crippen molar-refractivity contribution in [2.45, 2.75) is 11.8 Å². The van der Waals surface area contributed by atoms with E-state index in [4.69, 9.17) is 23.2 Å². The highest BCUT2D eigenvalue weighted by molar-refractivity contribution is 7.88. The Morgan fingerprint density at radius 2 is 2.08 bits per heavy atom. The monoisotopic (exact) mass is 403 g/mol. The van der Waals surface area contributed by atoms with Gasteiger partial charge in [0.15, 0.2) is 5.13 Å². The van der Waals surface area contributed by atoms with Crippen LogP contribution in [0.2, 0.25) is 9.36 Å². The molecule has 0 amide bonds. The van der Waals surface area contributed by atoms with Crippen molar-refractivity contribution in [3.63, 3.8) is 0 Å². The maximum atomic E-state index is 12.0. The summed E-state index contributed by atoms with van der Waals surface area (Å²) in [6.07, 6.45) is 3.67. The molecule has 128 valence electrons. The number of anilines is 2. The molecule has 4 rings (SSSR count). The van der Waals surface area contributed by atoms with Gasteiger partial charge in [0.2, 0.25) is 10.0 Å². The number of hydrogen-bond donors (Lipinski definition) is 0. The van der Waals surface area contributed by atoms with Crippen molar-refractivity contribution in [2.75, 3.05) is 30.8 Å². The molecular formula is C15H15Cl2N3O2S2. The van der Waals surface area contributed by atoms with Gasteiger partial charge in [0.1, 0.15) is 4.34 Å². The van der Waals surface area contributed by atoms with Crippen LogP contribution in [0.3, 0.4) is 0 Å². The summed E-state index contributed by atoms with van der Waals surface area (Å²) in [5.74, 6) is 0. The number of thiazole rings is 1. The predicted molar refractivity (Wildman–Crippen MR) is 98.3 cm³/mol. The van der Waals surface area contributed by atoms with Crippen molar-refractivity contribution in [1.82, 2.24) is 9.29 Å². The zero-order valence-electron chi connectivity index (χ0n) is 12.9. The van der Waals surface area contributed by atoms with E-state index in [-0.39, 0.29) is 5.41 Å². The Bertz CT molecular complexity index is 915. The summed E-state index contributed by atoms with van der Waals surface area (Å²) in [5.41, 5.74) is 1.86. The first-order valence-corrected chi connectivity index (χ1v) is 10.8. The third-order valence-electron chi connectivity index (χ3n) is 4.77. The quantitative estimate of drug-likeness (QED) is 0.769. The predicted octanol–water partition coefficient (Wildman–Crippen LogP) is 3.50. The molecule has 0 radical (unpaired) electrons. The Kier molecular flexibility index (Phi) is 3.85. The summed E-state index contributed by atoms with van der Waals surface area (Å²) in [4.78, 5) is 6.51. The normalized spacial score (nSPS) is 24.0. The summed E-state index contributed by atoms with van der Waals surface area (Å²) in [5, 5.41) is 1.48. The largest absolute Gasteiger partial charge is 0.317 e. The molecule has 1 atom stereocenters. The van der Waals surface area contributed by atoms with Crippen molar-refractivity contribution in [1.29, 1.82) is 0 Å². The van der Waals surface area contributed by atoms with E-state index in [1.807, 2.05) is 18.2 Å². The lowest BCUT2D eigenvalue weighted by atomic mass is 9.82. The molecule has 5 nitrogen and oxygen atoms in total. The van der Waals surface area contributed by atoms with E-state index in [0.717, 1.165) is 22.8 Å². The molecule has 1 aromatic carbocycles. The lowest BCUT2D eigenvalue weighted by Crippen LogP contribution is -2.36. The van der Waals surface area contributed by atoms with Gasteiger partial charge >= 0.3 is 0 Å². The van der Waals surface area contributed by atoms with E-state index in [2.05, 4.69) is 9.88 Å². The topological polar surface area (TPSA) is 53.5 Å². The van der Waals surface area contributed by atoms with E-state index in [9.17, 15) is 8.42 Å². The number of halogens is 2. The fourth-order valence-corrected chi connectivity index (χ4v) is 5.64. The number of fused-ring (bicyclic) bond motifs is 2. The van der Waals surface area contributed by atoms with Crippen LogP contribution in [0.15, 0.2) is 24.4 Å². The average molecular weight is 404 g/mol. The lowest BCUT2D eigenvalue weighted by Gasteiger charge is -2.25. The Balaban J connectivity index is 1.80. The highest BCUT2D eigenvalue weighted by atomic mass is 35.5. The molecule has 1 fully saturated rings. The number of rotatable bonds is 2. The summed E-state index contributed by atoms with van der Waals surface area (Å²) >= 11 is 13.7. The van der Waals surface area contributed by atoms with Gasteiger partial charge in [-0.05, 0) is 30.2 Å². The SMILES string of the molecule is CS(=O)(=O)N1CCC2(CN(c3ncc(Cl)s3)c3ccc(Cl)cc32)C1. The summed E-state index contributed by atoms with van der Waals surface area (Å²) in [6.45, 7) is 1.67. The van der Waals surface area contributed by atoms with Crippen LogP contribution in [0, 0.1) is 0 Å². The molecule has 24 heavy (non-hydrogen) atoms. The minimum atomic E-state index is -3.21. The standard InChI is InChI=1S/C15H15Cl2N3O2S2/c1-24(21,22)19-5-4-15(8-19)9-20(14-18-7-13(17)23-14)12-3-2-10(16)6-11(12)15/h2-3,6-7H,4-5,8-9H2,1H3. The van der Waals surface area contributed by atoms with E-state index in [0.29, 0.717) is 29.0 Å². The van der Waals surface area contributed by atoms with Gasteiger partial charge in [0, 0.05) is 35.8 Å². The van der Waals surface area contributed by atoms with Crippen molar-refractivity contribution in [3.05, 3.63) is 39.3 Å². The number of benzene rings is 1. The van der Waals surface area contributed by atoms with Crippen LogP contribution in [0.4, 0.5) is 10.8 Å². The Morgan fingerprint density at radius 3 is 2.71 bits per heavy atom. The van der Waals surface area contributed by atoms with Gasteiger partial charge in [-0.1, -0.05) is 34.5 Å². The summed E-state index contributed by atoms with van der Waals surface area (Å²) in [6, 6.07) is 5.79. The molecular weight excluding hydrogens is 389 g/mol. The van der Waals surface area contributed by atoms with Crippen LogP contribution in [-0.4, -0.2) is 43.6 Å². The van der Waals surface area contributed by atoms with Crippen LogP contribution in [0.1, 0.15) is 12.0 Å². The minimum Gasteiger partial charge on any atom is -0.317 e. The molecule has 0 bridgehead atoms. The average Bonchev–Trinajstić information content (AvgIpc) is 3.18. The smallest absolute Gasteiger partial charge is 0.211 e. The van der Waals surface area contributed by atoms with Crippen LogP contribution < -0.4 is 4.90 Å². The Morgan fingerprint density at radius 1 is 1.29 bits per heavy atom. The van der Waals surface area contributed by atoms with E-state index >= 15 is 0 Å². The van der Waals surface area contributed by atoms with Gasteiger partial charge in [-0.15, -0.1) is 0 Å². The molecule has 1 unspecified atom stereocenters. The van der Waals surface area contributed by atoms with Gasteiger partial charge < -0.3 is 4.90 Å². The maximum Gasteiger partial charge on any atom is 0.211 e. The number of sulfonamides is 1. The van der Waals surface area contributed by atoms with Crippen molar-refractivity contribution in [2.24, 2.45) is 0 Å². The van der Waals surface area contributed by atoms with Crippen molar-refractivity contribution < 1.29 is 8.42 Å². The van der Waals surface area contributed by atoms with E-state index in [1.165, 1.54) is 17.6 Å². The molecule has 1 spiro atoms. The molecule has 1 aromatic heterocycles. The fraction of sp³-hybridized carbons (Fsp3) is 0.400. The van der Waals surface area contributed by atoms with Gasteiger partial charge in [0.25, 0.3) is 0 Å². The molecule has 1 saturated heterocycles. The second kappa shape index (κ2) is 5.57. The molecule has 0 aliphatic carbocycles. The third kappa shape index (κ3) is 2.63. The first-order chi connectivity index (χ1) is 11.3. The van der Waals surface area contributed by atoms with Gasteiger partial charge in [0.05, 0.1) is 12.5 Å². The maximum absolute atomic E-state index is 12.0. The van der Waals surface area contributed by atoms with Gasteiger partial charge in [-0.2, -0.15) is 0 Å². The van der Waals surface area contributed by atoms with Crippen LogP contribution in [0.25, 0.3) is 0 Å².